The zero-order valence-electron chi connectivity index (χ0n) is 5.94. The summed E-state index contributed by atoms with van der Waals surface area (Å²) >= 11 is 0. The van der Waals surface area contributed by atoms with E-state index in [2.05, 4.69) is 4.74 Å². The van der Waals surface area contributed by atoms with Crippen LogP contribution in [0.25, 0.3) is 0 Å². The molecule has 0 aromatic heterocycles. The Morgan fingerprint density at radius 3 is 1.80 bits per heavy atom. The van der Waals surface area contributed by atoms with Gasteiger partial charge >= 0.3 is 13.3 Å². The van der Waals surface area contributed by atoms with E-state index in [1.54, 1.807) is 6.92 Å². The highest BCUT2D eigenvalue weighted by molar-refractivity contribution is 6.30. The smallest absolute Gasteiger partial charge is 0.466 e. The van der Waals surface area contributed by atoms with Crippen molar-refractivity contribution in [3.05, 3.63) is 0 Å². The molecule has 0 bridgehead atoms. The van der Waals surface area contributed by atoms with Gasteiger partial charge in [-0.2, -0.15) is 0 Å². The largest absolute Gasteiger partial charge is 0.631 e. The molecule has 0 aliphatic rings. The first-order valence-corrected chi connectivity index (χ1v) is 2.68. The summed E-state index contributed by atoms with van der Waals surface area (Å²) in [5.41, 5.74) is 0. The number of hydrogen-bond donors (Lipinski definition) is 3. The van der Waals surface area contributed by atoms with E-state index in [-0.39, 0.29) is 5.97 Å². The first-order chi connectivity index (χ1) is 4.50. The summed E-state index contributed by atoms with van der Waals surface area (Å²) < 4.78 is 4.40. The van der Waals surface area contributed by atoms with Crippen molar-refractivity contribution in [1.29, 1.82) is 0 Å². The lowest BCUT2D eigenvalue weighted by atomic mass is 10.3. The molecular formula is C4H11BO5. The zero-order valence-corrected chi connectivity index (χ0v) is 5.94. The maximum Gasteiger partial charge on any atom is 0.631 e. The van der Waals surface area contributed by atoms with Crippen LogP contribution in [0.2, 0.25) is 0 Å². The van der Waals surface area contributed by atoms with E-state index in [4.69, 9.17) is 15.1 Å². The molecule has 60 valence electrons. The molecule has 0 aromatic carbocycles. The molecule has 3 N–H and O–H groups in total. The first-order valence-electron chi connectivity index (χ1n) is 2.68. The minimum Gasteiger partial charge on any atom is -0.466 e. The molecule has 0 aromatic rings. The summed E-state index contributed by atoms with van der Waals surface area (Å²) in [5.74, 6) is -0.211. The van der Waals surface area contributed by atoms with Gasteiger partial charge in [-0.1, -0.05) is 0 Å². The lowest BCUT2D eigenvalue weighted by molar-refractivity contribution is -0.140. The molecule has 0 aliphatic heterocycles. The quantitative estimate of drug-likeness (QED) is 0.313. The number of rotatable bonds is 1. The molecule has 0 aliphatic carbocycles. The van der Waals surface area contributed by atoms with Gasteiger partial charge in [0, 0.05) is 6.92 Å². The fourth-order valence-corrected chi connectivity index (χ4v) is 0.203. The van der Waals surface area contributed by atoms with Crippen LogP contribution in [-0.2, 0) is 9.53 Å². The van der Waals surface area contributed by atoms with Gasteiger partial charge in [-0.15, -0.1) is 0 Å². The maximum absolute atomic E-state index is 9.82. The maximum atomic E-state index is 9.82. The van der Waals surface area contributed by atoms with Gasteiger partial charge in [0.05, 0.1) is 6.61 Å². The van der Waals surface area contributed by atoms with Gasteiger partial charge in [-0.05, 0) is 6.92 Å². The van der Waals surface area contributed by atoms with E-state index in [9.17, 15) is 4.79 Å². The van der Waals surface area contributed by atoms with Crippen LogP contribution in [-0.4, -0.2) is 35.0 Å². The van der Waals surface area contributed by atoms with E-state index in [0.29, 0.717) is 6.61 Å². The van der Waals surface area contributed by atoms with Crippen LogP contribution in [0, 0.1) is 0 Å². The van der Waals surface area contributed by atoms with Crippen molar-refractivity contribution in [3.8, 4) is 0 Å². The van der Waals surface area contributed by atoms with Gasteiger partial charge < -0.3 is 19.8 Å². The van der Waals surface area contributed by atoms with Crippen LogP contribution in [0.3, 0.4) is 0 Å². The average Bonchev–Trinajstić information content (AvgIpc) is 1.62. The summed E-state index contributed by atoms with van der Waals surface area (Å²) in [6, 6.07) is 0. The van der Waals surface area contributed by atoms with Gasteiger partial charge in [-0.3, -0.25) is 4.79 Å². The predicted octanol–water partition coefficient (Wildman–Crippen LogP) is -1.48. The summed E-state index contributed by atoms with van der Waals surface area (Å²) in [7, 11) is -2.17. The summed E-state index contributed by atoms with van der Waals surface area (Å²) in [6.45, 7) is 3.65. The van der Waals surface area contributed by atoms with Crippen molar-refractivity contribution in [3.63, 3.8) is 0 Å². The summed E-state index contributed by atoms with van der Waals surface area (Å²) in [4.78, 5) is 9.82. The van der Waals surface area contributed by atoms with Crippen molar-refractivity contribution < 1.29 is 24.6 Å². The molecule has 0 saturated carbocycles. The second kappa shape index (κ2) is 8.41. The Kier molecular flexibility index (Phi) is 10.2. The minimum absolute atomic E-state index is 0.211. The van der Waals surface area contributed by atoms with E-state index >= 15 is 0 Å². The topological polar surface area (TPSA) is 87.0 Å². The van der Waals surface area contributed by atoms with E-state index < -0.39 is 7.32 Å². The lowest BCUT2D eigenvalue weighted by Crippen LogP contribution is -2.07. The highest BCUT2D eigenvalue weighted by Crippen LogP contribution is 1.69. The second-order valence-corrected chi connectivity index (χ2v) is 1.27. The van der Waals surface area contributed by atoms with Crippen molar-refractivity contribution in [2.24, 2.45) is 0 Å². The molecular weight excluding hydrogens is 139 g/mol. The Bertz CT molecular complexity index is 81.0. The van der Waals surface area contributed by atoms with Crippen molar-refractivity contribution in [2.45, 2.75) is 13.8 Å². The molecule has 10 heavy (non-hydrogen) atoms. The van der Waals surface area contributed by atoms with Gasteiger partial charge in [0.25, 0.3) is 0 Å². The van der Waals surface area contributed by atoms with Crippen LogP contribution in [0.5, 0.6) is 0 Å². The monoisotopic (exact) mass is 150 g/mol. The molecule has 0 spiro atoms. The van der Waals surface area contributed by atoms with Crippen LogP contribution < -0.4 is 0 Å². The molecule has 0 rings (SSSR count). The predicted molar refractivity (Wildman–Crippen MR) is 34.7 cm³/mol. The van der Waals surface area contributed by atoms with Crippen LogP contribution in [0.4, 0.5) is 0 Å². The number of carbonyl (C=O) groups excluding carboxylic acids is 1. The number of esters is 1. The molecule has 0 atom stereocenters. The number of hydrogen-bond acceptors (Lipinski definition) is 5. The Balaban J connectivity index is 0. The number of ether oxygens (including phenoxy) is 1. The van der Waals surface area contributed by atoms with Crippen molar-refractivity contribution in [1.82, 2.24) is 0 Å². The van der Waals surface area contributed by atoms with Crippen molar-refractivity contribution >= 4 is 13.3 Å². The molecule has 0 saturated heterocycles. The Morgan fingerprint density at radius 1 is 1.50 bits per heavy atom. The molecule has 0 fully saturated rings. The highest BCUT2D eigenvalue weighted by atomic mass is 16.5. The SMILES string of the molecule is CCOC(C)=O.OB(O)O. The normalized spacial score (nSPS) is 7.30. The summed E-state index contributed by atoms with van der Waals surface area (Å²) in [5, 5.41) is 21.5. The second-order valence-electron chi connectivity index (χ2n) is 1.27. The molecule has 0 heterocycles. The average molecular weight is 150 g/mol. The van der Waals surface area contributed by atoms with Crippen molar-refractivity contribution in [2.75, 3.05) is 6.61 Å². The van der Waals surface area contributed by atoms with Crippen LogP contribution in [0.1, 0.15) is 13.8 Å². The Morgan fingerprint density at radius 2 is 1.80 bits per heavy atom. The molecule has 0 radical (unpaired) electrons. The van der Waals surface area contributed by atoms with Gasteiger partial charge in [0.2, 0.25) is 0 Å². The highest BCUT2D eigenvalue weighted by Gasteiger charge is 1.92. The third kappa shape index (κ3) is 52.3. The lowest BCUT2D eigenvalue weighted by Gasteiger charge is -1.89. The van der Waals surface area contributed by atoms with E-state index in [1.165, 1.54) is 6.92 Å². The minimum atomic E-state index is -2.17. The van der Waals surface area contributed by atoms with Crippen LogP contribution in [0.15, 0.2) is 0 Å². The Labute approximate surface area is 59.4 Å². The van der Waals surface area contributed by atoms with Gasteiger partial charge in [-0.25, -0.2) is 0 Å². The van der Waals surface area contributed by atoms with E-state index in [0.717, 1.165) is 0 Å². The molecule has 0 amide bonds. The van der Waals surface area contributed by atoms with Gasteiger partial charge in [0.15, 0.2) is 0 Å². The zero-order chi connectivity index (χ0) is 8.57. The standard InChI is InChI=1S/C4H8O2.BH3O3/c1-3-6-4(2)5;2-1(3)4/h3H2,1-2H3;2-4H. The summed E-state index contributed by atoms with van der Waals surface area (Å²) in [6.07, 6.45) is 0. The fourth-order valence-electron chi connectivity index (χ4n) is 0.203. The third-order valence-electron chi connectivity index (χ3n) is 0.348. The fraction of sp³-hybridized carbons (Fsp3) is 0.750. The first kappa shape index (κ1) is 12.1. The van der Waals surface area contributed by atoms with Gasteiger partial charge in [0.1, 0.15) is 0 Å². The van der Waals surface area contributed by atoms with E-state index in [1.807, 2.05) is 0 Å². The number of carbonyl (C=O) groups is 1. The molecule has 6 heteroatoms. The molecule has 5 nitrogen and oxygen atoms in total. The third-order valence-corrected chi connectivity index (χ3v) is 0.348. The molecule has 0 unspecified atom stereocenters. The Hall–Kier alpha value is -0.585. The van der Waals surface area contributed by atoms with Crippen LogP contribution >= 0.6 is 0 Å².